The van der Waals surface area contributed by atoms with Crippen molar-refractivity contribution < 1.29 is 18.7 Å². The lowest BCUT2D eigenvalue weighted by Gasteiger charge is -2.15. The topological polar surface area (TPSA) is 64.4 Å². The molecule has 5 rings (SSSR count). The number of hydrogen-bond acceptors (Lipinski definition) is 4. The van der Waals surface area contributed by atoms with Crippen molar-refractivity contribution in [2.75, 3.05) is 4.90 Å². The van der Waals surface area contributed by atoms with Crippen molar-refractivity contribution >= 4 is 17.6 Å². The monoisotopic (exact) mass is 341 g/mol. The summed E-state index contributed by atoms with van der Waals surface area (Å²) in [6.07, 6.45) is 3.04. The van der Waals surface area contributed by atoms with Gasteiger partial charge in [-0.05, 0) is 18.9 Å². The van der Waals surface area contributed by atoms with Crippen LogP contribution in [-0.4, -0.2) is 33.8 Å². The van der Waals surface area contributed by atoms with E-state index < -0.39 is 0 Å². The first kappa shape index (κ1) is 14.8. The molecule has 128 valence electrons. The van der Waals surface area contributed by atoms with Crippen molar-refractivity contribution in [3.63, 3.8) is 0 Å². The number of aromatic nitrogens is 2. The number of carbonyl (C=O) groups excluding carboxylic acids is 2. The van der Waals surface area contributed by atoms with Crippen molar-refractivity contribution in [1.29, 1.82) is 0 Å². The van der Waals surface area contributed by atoms with Gasteiger partial charge in [0.2, 0.25) is 11.8 Å². The number of carbonyl (C=O) groups is 2. The van der Waals surface area contributed by atoms with Crippen molar-refractivity contribution in [2.24, 2.45) is 11.8 Å². The molecule has 0 aliphatic carbocycles. The summed E-state index contributed by atoms with van der Waals surface area (Å²) in [5, 5.41) is 4.32. The van der Waals surface area contributed by atoms with Crippen LogP contribution in [-0.2, 0) is 20.9 Å². The molecule has 0 saturated carbocycles. The second kappa shape index (κ2) is 5.23. The minimum absolute atomic E-state index is 0.142. The van der Waals surface area contributed by atoms with E-state index in [9.17, 15) is 14.0 Å². The molecular weight excluding hydrogens is 325 g/mol. The number of imide groups is 1. The quantitative estimate of drug-likeness (QED) is 0.798. The van der Waals surface area contributed by atoms with Gasteiger partial charge in [0.25, 0.3) is 0 Å². The lowest BCUT2D eigenvalue weighted by atomic mass is 9.81. The highest BCUT2D eigenvalue weighted by atomic mass is 19.1. The third-order valence-electron chi connectivity index (χ3n) is 5.43. The highest BCUT2D eigenvalue weighted by Gasteiger charge is 2.63. The zero-order valence-corrected chi connectivity index (χ0v) is 13.3. The fourth-order valence-corrected chi connectivity index (χ4v) is 4.30. The van der Waals surface area contributed by atoms with E-state index in [1.165, 1.54) is 15.6 Å². The van der Waals surface area contributed by atoms with Gasteiger partial charge in [-0.15, -0.1) is 0 Å². The van der Waals surface area contributed by atoms with Crippen LogP contribution in [0.15, 0.2) is 36.5 Å². The van der Waals surface area contributed by atoms with Crippen LogP contribution in [0.3, 0.4) is 0 Å². The van der Waals surface area contributed by atoms with E-state index in [1.54, 1.807) is 30.5 Å². The predicted molar refractivity (Wildman–Crippen MR) is 85.1 cm³/mol. The molecule has 0 spiro atoms. The van der Waals surface area contributed by atoms with Crippen LogP contribution in [0, 0.1) is 17.7 Å². The fraction of sp³-hybridized carbons (Fsp3) is 0.389. The third kappa shape index (κ3) is 2.08. The molecule has 2 bridgehead atoms. The molecule has 3 aliphatic rings. The molecule has 4 unspecified atom stereocenters. The average Bonchev–Trinajstić information content (AvgIpc) is 3.35. The molecule has 3 aliphatic heterocycles. The molecule has 2 amide bonds. The van der Waals surface area contributed by atoms with Crippen LogP contribution in [0.2, 0.25) is 0 Å². The molecule has 1 aromatic carbocycles. The van der Waals surface area contributed by atoms with Gasteiger partial charge in [0.1, 0.15) is 5.82 Å². The van der Waals surface area contributed by atoms with E-state index in [0.29, 0.717) is 11.4 Å². The Hall–Kier alpha value is -2.54. The van der Waals surface area contributed by atoms with Gasteiger partial charge in [0.05, 0.1) is 30.6 Å². The number of fused-ring (bicyclic) bond motifs is 5. The Kier molecular flexibility index (Phi) is 3.09. The zero-order chi connectivity index (χ0) is 17.1. The standard InChI is InChI=1S/C18H16FN3O3/c19-11-4-2-1-3-10(11)9-21-8-7-14(20-21)22-17(23)15-12-5-6-13(25-12)16(15)18(22)24/h1-4,7-8,12-13,15-16H,5-6,9H2. The number of anilines is 1. The summed E-state index contributed by atoms with van der Waals surface area (Å²) in [4.78, 5) is 26.6. The zero-order valence-electron chi connectivity index (χ0n) is 13.3. The van der Waals surface area contributed by atoms with E-state index in [4.69, 9.17) is 4.74 Å². The van der Waals surface area contributed by atoms with Gasteiger partial charge in [0, 0.05) is 17.8 Å². The first-order valence-electron chi connectivity index (χ1n) is 8.43. The Bertz CT molecular complexity index is 852. The molecule has 1 aromatic heterocycles. The molecule has 2 aromatic rings. The summed E-state index contributed by atoms with van der Waals surface area (Å²) < 4.78 is 21.0. The fourth-order valence-electron chi connectivity index (χ4n) is 4.30. The van der Waals surface area contributed by atoms with Gasteiger partial charge in [-0.2, -0.15) is 5.10 Å². The van der Waals surface area contributed by atoms with Crippen molar-refractivity contribution in [3.05, 3.63) is 47.9 Å². The largest absolute Gasteiger partial charge is 0.373 e. The Morgan fingerprint density at radius 3 is 2.44 bits per heavy atom. The van der Waals surface area contributed by atoms with E-state index in [1.807, 2.05) is 0 Å². The van der Waals surface area contributed by atoms with Crippen molar-refractivity contribution in [2.45, 2.75) is 31.6 Å². The summed E-state index contributed by atoms with van der Waals surface area (Å²) in [5.41, 5.74) is 0.500. The van der Waals surface area contributed by atoms with E-state index >= 15 is 0 Å². The highest BCUT2D eigenvalue weighted by Crippen LogP contribution is 2.49. The van der Waals surface area contributed by atoms with Crippen LogP contribution < -0.4 is 4.90 Å². The number of ether oxygens (including phenoxy) is 1. The normalized spacial score (nSPS) is 30.4. The number of rotatable bonds is 3. The first-order valence-corrected chi connectivity index (χ1v) is 8.43. The van der Waals surface area contributed by atoms with E-state index in [-0.39, 0.29) is 48.2 Å². The Labute approximate surface area is 143 Å². The first-order chi connectivity index (χ1) is 12.1. The van der Waals surface area contributed by atoms with Gasteiger partial charge >= 0.3 is 0 Å². The van der Waals surface area contributed by atoms with Gasteiger partial charge in [0.15, 0.2) is 5.82 Å². The maximum atomic E-state index is 13.8. The van der Waals surface area contributed by atoms with E-state index in [0.717, 1.165) is 12.8 Å². The Morgan fingerprint density at radius 1 is 1.08 bits per heavy atom. The van der Waals surface area contributed by atoms with E-state index in [2.05, 4.69) is 5.10 Å². The number of amides is 2. The Balaban J connectivity index is 1.41. The molecule has 3 saturated heterocycles. The molecule has 4 atom stereocenters. The van der Waals surface area contributed by atoms with Gasteiger partial charge in [-0.3, -0.25) is 14.3 Å². The summed E-state index contributed by atoms with van der Waals surface area (Å²) >= 11 is 0. The highest BCUT2D eigenvalue weighted by molar-refractivity contribution is 6.22. The molecule has 0 radical (unpaired) electrons. The number of hydrogen-bond donors (Lipinski definition) is 0. The van der Waals surface area contributed by atoms with Crippen LogP contribution >= 0.6 is 0 Å². The summed E-state index contributed by atoms with van der Waals surface area (Å²) in [7, 11) is 0. The van der Waals surface area contributed by atoms with Gasteiger partial charge < -0.3 is 4.74 Å². The smallest absolute Gasteiger partial charge is 0.241 e. The molecule has 25 heavy (non-hydrogen) atoms. The Morgan fingerprint density at radius 2 is 1.76 bits per heavy atom. The second-order valence-corrected chi connectivity index (χ2v) is 6.82. The second-order valence-electron chi connectivity index (χ2n) is 6.82. The SMILES string of the molecule is O=C1C2C3CCC(O3)C2C(=O)N1c1ccn(Cc2ccccc2F)n1. The molecule has 6 nitrogen and oxygen atoms in total. The van der Waals surface area contributed by atoms with Crippen molar-refractivity contribution in [3.8, 4) is 0 Å². The van der Waals surface area contributed by atoms with Crippen LogP contribution in [0.5, 0.6) is 0 Å². The third-order valence-corrected chi connectivity index (χ3v) is 5.43. The maximum Gasteiger partial charge on any atom is 0.241 e. The molecule has 0 N–H and O–H groups in total. The average molecular weight is 341 g/mol. The van der Waals surface area contributed by atoms with Gasteiger partial charge in [-0.25, -0.2) is 9.29 Å². The lowest BCUT2D eigenvalue weighted by molar-refractivity contribution is -0.124. The number of halogens is 1. The number of nitrogens with zero attached hydrogens (tertiary/aromatic N) is 3. The van der Waals surface area contributed by atoms with Crippen LogP contribution in [0.1, 0.15) is 18.4 Å². The molecule has 7 heteroatoms. The van der Waals surface area contributed by atoms with Crippen molar-refractivity contribution in [1.82, 2.24) is 9.78 Å². The number of benzene rings is 1. The van der Waals surface area contributed by atoms with Gasteiger partial charge in [-0.1, -0.05) is 18.2 Å². The summed E-state index contributed by atoms with van der Waals surface area (Å²) in [5.74, 6) is -1.20. The lowest BCUT2D eigenvalue weighted by Crippen LogP contribution is -2.34. The van der Waals surface area contributed by atoms with Crippen LogP contribution in [0.25, 0.3) is 0 Å². The minimum atomic E-state index is -0.372. The molecule has 4 heterocycles. The summed E-state index contributed by atoms with van der Waals surface area (Å²) in [6, 6.07) is 8.09. The predicted octanol–water partition coefficient (Wildman–Crippen LogP) is 1.74. The maximum absolute atomic E-state index is 13.8. The molecular formula is C18H16FN3O3. The van der Waals surface area contributed by atoms with Crippen LogP contribution in [0.4, 0.5) is 10.2 Å². The summed E-state index contributed by atoms with van der Waals surface area (Å²) in [6.45, 7) is 0.240. The minimum Gasteiger partial charge on any atom is -0.373 e. The molecule has 3 fully saturated rings.